The zero-order chi connectivity index (χ0) is 23.5. The number of piperidine rings is 1. The molecule has 4 aromatic rings. The quantitative estimate of drug-likeness (QED) is 0.448. The van der Waals surface area contributed by atoms with Crippen molar-refractivity contribution in [1.82, 2.24) is 19.6 Å². The van der Waals surface area contributed by atoms with Crippen molar-refractivity contribution in [2.75, 3.05) is 19.3 Å². The number of nitrogens with zero attached hydrogens (tertiary/aromatic N) is 3. The van der Waals surface area contributed by atoms with Crippen LogP contribution >= 0.6 is 0 Å². The van der Waals surface area contributed by atoms with Gasteiger partial charge in [0.1, 0.15) is 0 Å². The largest absolute Gasteiger partial charge is 0.298 e. The maximum atomic E-state index is 11.6. The molecule has 0 saturated carbocycles. The van der Waals surface area contributed by atoms with E-state index in [2.05, 4.69) is 46.0 Å². The fourth-order valence-corrected chi connectivity index (χ4v) is 5.42. The highest BCUT2D eigenvalue weighted by atomic mass is 32.2. The second-order valence-corrected chi connectivity index (χ2v) is 10.7. The molecule has 1 aliphatic heterocycles. The van der Waals surface area contributed by atoms with Crippen molar-refractivity contribution in [3.8, 4) is 22.5 Å². The summed E-state index contributed by atoms with van der Waals surface area (Å²) in [6.07, 6.45) is 3.09. The molecule has 0 aliphatic carbocycles. The predicted molar refractivity (Wildman–Crippen MR) is 137 cm³/mol. The summed E-state index contributed by atoms with van der Waals surface area (Å²) in [6.45, 7) is 2.48. The van der Waals surface area contributed by atoms with Crippen molar-refractivity contribution < 1.29 is 8.42 Å². The number of likely N-dealkylation sites (tertiary alicyclic amines) is 1. The molecule has 7 heteroatoms. The molecule has 0 spiro atoms. The minimum atomic E-state index is -3.19. The number of sulfonamides is 1. The van der Waals surface area contributed by atoms with E-state index in [1.165, 1.54) is 11.8 Å². The van der Waals surface area contributed by atoms with Crippen molar-refractivity contribution in [2.24, 2.45) is 0 Å². The van der Waals surface area contributed by atoms with Crippen LogP contribution in [0.2, 0.25) is 0 Å². The molecule has 1 atom stereocenters. The van der Waals surface area contributed by atoms with Gasteiger partial charge in [-0.05, 0) is 37.1 Å². The van der Waals surface area contributed by atoms with Crippen LogP contribution < -0.4 is 4.72 Å². The van der Waals surface area contributed by atoms with Crippen LogP contribution in [-0.4, -0.2) is 48.7 Å². The molecule has 1 N–H and O–H groups in total. The Hall–Kier alpha value is -3.13. The standard InChI is InChI=1S/C27H28N4O2S/c1-34(32,33)30-23-10-7-17-31(19-23)18-20-13-15-22(16-14-20)27-26(21-8-3-2-4-9-21)28-24-11-5-6-12-25(24)29-27/h2-6,8-9,11-16,23,30H,7,10,17-19H2,1H3. The van der Waals surface area contributed by atoms with Gasteiger partial charge >= 0.3 is 0 Å². The highest BCUT2D eigenvalue weighted by Crippen LogP contribution is 2.31. The van der Waals surface area contributed by atoms with Crippen LogP contribution in [0.25, 0.3) is 33.5 Å². The van der Waals surface area contributed by atoms with E-state index in [0.29, 0.717) is 0 Å². The molecule has 6 nitrogen and oxygen atoms in total. The number of hydrogen-bond donors (Lipinski definition) is 1. The van der Waals surface area contributed by atoms with E-state index in [9.17, 15) is 8.42 Å². The van der Waals surface area contributed by atoms with E-state index in [0.717, 1.165) is 66.0 Å². The fraction of sp³-hybridized carbons (Fsp3) is 0.259. The molecule has 3 aromatic carbocycles. The second kappa shape index (κ2) is 9.62. The lowest BCUT2D eigenvalue weighted by Crippen LogP contribution is -2.46. The second-order valence-electron chi connectivity index (χ2n) is 8.94. The summed E-state index contributed by atoms with van der Waals surface area (Å²) in [5.74, 6) is 0. The summed E-state index contributed by atoms with van der Waals surface area (Å²) in [4.78, 5) is 12.2. The monoisotopic (exact) mass is 472 g/mol. The van der Waals surface area contributed by atoms with Crippen molar-refractivity contribution in [3.05, 3.63) is 84.4 Å². The molecule has 2 heterocycles. The fourth-order valence-electron chi connectivity index (χ4n) is 4.62. The molecule has 5 rings (SSSR count). The lowest BCUT2D eigenvalue weighted by Gasteiger charge is -2.32. The van der Waals surface area contributed by atoms with E-state index in [4.69, 9.17) is 9.97 Å². The number of nitrogens with one attached hydrogen (secondary N) is 1. The van der Waals surface area contributed by atoms with Crippen molar-refractivity contribution >= 4 is 21.1 Å². The maximum absolute atomic E-state index is 11.6. The number of fused-ring (bicyclic) bond motifs is 1. The van der Waals surface area contributed by atoms with Gasteiger partial charge in [-0.1, -0.05) is 66.7 Å². The van der Waals surface area contributed by atoms with Gasteiger partial charge in [-0.2, -0.15) is 0 Å². The Kier molecular flexibility index (Phi) is 6.41. The Morgan fingerprint density at radius 3 is 2.06 bits per heavy atom. The maximum Gasteiger partial charge on any atom is 0.208 e. The first-order valence-electron chi connectivity index (χ1n) is 11.6. The predicted octanol–water partition coefficient (Wildman–Crippen LogP) is 4.48. The van der Waals surface area contributed by atoms with Gasteiger partial charge < -0.3 is 0 Å². The average molecular weight is 473 g/mol. The van der Waals surface area contributed by atoms with Crippen LogP contribution in [-0.2, 0) is 16.6 Å². The van der Waals surface area contributed by atoms with Gasteiger partial charge in [0.25, 0.3) is 0 Å². The van der Waals surface area contributed by atoms with E-state index >= 15 is 0 Å². The van der Waals surface area contributed by atoms with Gasteiger partial charge in [0, 0.05) is 30.3 Å². The zero-order valence-electron chi connectivity index (χ0n) is 19.2. The topological polar surface area (TPSA) is 75.2 Å². The molecule has 0 bridgehead atoms. The summed E-state index contributed by atoms with van der Waals surface area (Å²) in [6, 6.07) is 26.6. The molecule has 0 radical (unpaired) electrons. The van der Waals surface area contributed by atoms with Crippen molar-refractivity contribution in [2.45, 2.75) is 25.4 Å². The summed E-state index contributed by atoms with van der Waals surface area (Å²) < 4.78 is 26.0. The lowest BCUT2D eigenvalue weighted by molar-refractivity contribution is 0.194. The van der Waals surface area contributed by atoms with Gasteiger partial charge in [-0.15, -0.1) is 0 Å². The smallest absolute Gasteiger partial charge is 0.208 e. The Balaban J connectivity index is 1.41. The van der Waals surface area contributed by atoms with Crippen molar-refractivity contribution in [3.63, 3.8) is 0 Å². The molecular weight excluding hydrogens is 444 g/mol. The summed E-state index contributed by atoms with van der Waals surface area (Å²) in [5, 5.41) is 0. The van der Waals surface area contributed by atoms with Crippen LogP contribution in [0.4, 0.5) is 0 Å². The van der Waals surface area contributed by atoms with Crippen LogP contribution in [0.3, 0.4) is 0 Å². The van der Waals surface area contributed by atoms with Crippen molar-refractivity contribution in [1.29, 1.82) is 0 Å². The molecule has 1 unspecified atom stereocenters. The minimum Gasteiger partial charge on any atom is -0.298 e. The molecular formula is C27H28N4O2S. The molecule has 1 saturated heterocycles. The van der Waals surface area contributed by atoms with Gasteiger partial charge in [0.2, 0.25) is 10.0 Å². The number of aromatic nitrogens is 2. The first-order chi connectivity index (χ1) is 16.4. The molecule has 0 amide bonds. The number of rotatable bonds is 6. The Morgan fingerprint density at radius 1 is 0.853 bits per heavy atom. The third-order valence-electron chi connectivity index (χ3n) is 6.14. The highest BCUT2D eigenvalue weighted by molar-refractivity contribution is 7.88. The first kappa shape index (κ1) is 22.7. The van der Waals surface area contributed by atoms with Gasteiger partial charge in [0.05, 0.1) is 28.7 Å². The SMILES string of the molecule is CS(=O)(=O)NC1CCCN(Cc2ccc(-c3nc4ccccc4nc3-c3ccccc3)cc2)C1. The Bertz CT molecular complexity index is 1390. The van der Waals surface area contributed by atoms with E-state index in [1.54, 1.807) is 0 Å². The number of hydrogen-bond acceptors (Lipinski definition) is 5. The van der Waals surface area contributed by atoms with E-state index in [-0.39, 0.29) is 6.04 Å². The lowest BCUT2D eigenvalue weighted by atomic mass is 10.0. The third-order valence-corrected chi connectivity index (χ3v) is 6.90. The molecule has 1 fully saturated rings. The van der Waals surface area contributed by atoms with Gasteiger partial charge in [-0.25, -0.2) is 23.1 Å². The minimum absolute atomic E-state index is 0.0238. The molecule has 174 valence electrons. The highest BCUT2D eigenvalue weighted by Gasteiger charge is 2.22. The summed E-state index contributed by atoms with van der Waals surface area (Å²) in [5.41, 5.74) is 6.75. The summed E-state index contributed by atoms with van der Waals surface area (Å²) >= 11 is 0. The molecule has 34 heavy (non-hydrogen) atoms. The third kappa shape index (κ3) is 5.33. The van der Waals surface area contributed by atoms with Gasteiger partial charge in [0.15, 0.2) is 0 Å². The number of para-hydroxylation sites is 2. The van der Waals surface area contributed by atoms with Crippen LogP contribution in [0.1, 0.15) is 18.4 Å². The van der Waals surface area contributed by atoms with Gasteiger partial charge in [-0.3, -0.25) is 4.90 Å². The van der Waals surface area contributed by atoms with Crippen LogP contribution in [0, 0.1) is 0 Å². The van der Waals surface area contributed by atoms with E-state index < -0.39 is 10.0 Å². The van der Waals surface area contributed by atoms with Crippen LogP contribution in [0.5, 0.6) is 0 Å². The molecule has 1 aliphatic rings. The Morgan fingerprint density at radius 2 is 1.44 bits per heavy atom. The first-order valence-corrected chi connectivity index (χ1v) is 13.4. The van der Waals surface area contributed by atoms with E-state index in [1.807, 2.05) is 42.5 Å². The molecule has 1 aromatic heterocycles. The Labute approximate surface area is 200 Å². The normalized spacial score (nSPS) is 17.1. The van der Waals surface area contributed by atoms with Crippen LogP contribution in [0.15, 0.2) is 78.9 Å². The summed E-state index contributed by atoms with van der Waals surface area (Å²) in [7, 11) is -3.19. The average Bonchev–Trinajstić information content (AvgIpc) is 2.83. The zero-order valence-corrected chi connectivity index (χ0v) is 20.0. The number of benzene rings is 3.